The van der Waals surface area contributed by atoms with E-state index in [9.17, 15) is 22.8 Å². The lowest BCUT2D eigenvalue weighted by Gasteiger charge is -2.09. The molecule has 1 amide bonds. The molecule has 0 radical (unpaired) electrons. The van der Waals surface area contributed by atoms with Crippen LogP contribution in [0.2, 0.25) is 0 Å². The lowest BCUT2D eigenvalue weighted by atomic mass is 10.2. The Morgan fingerprint density at radius 2 is 2.00 bits per heavy atom. The van der Waals surface area contributed by atoms with Gasteiger partial charge in [0.1, 0.15) is 17.0 Å². The number of carbonyl (C=O) groups excluding carboxylic acids is 1. The van der Waals surface area contributed by atoms with Crippen LogP contribution in [0.4, 0.5) is 13.2 Å². The smallest absolute Gasteiger partial charge is 0.406 e. The molecule has 0 aliphatic heterocycles. The van der Waals surface area contributed by atoms with E-state index in [0.29, 0.717) is 22.7 Å². The summed E-state index contributed by atoms with van der Waals surface area (Å²) in [6.07, 6.45) is -1.83. The number of aryl methyl sites for hydroxylation is 1. The van der Waals surface area contributed by atoms with Gasteiger partial charge in [-0.1, -0.05) is 23.5 Å². The van der Waals surface area contributed by atoms with E-state index in [1.54, 1.807) is 18.6 Å². The van der Waals surface area contributed by atoms with Crippen molar-refractivity contribution in [3.63, 3.8) is 0 Å². The van der Waals surface area contributed by atoms with Gasteiger partial charge in [-0.3, -0.25) is 9.78 Å². The van der Waals surface area contributed by atoms with Crippen molar-refractivity contribution in [2.24, 2.45) is 0 Å². The third-order valence-corrected chi connectivity index (χ3v) is 6.26. The second-order valence-corrected chi connectivity index (χ2v) is 8.64. The third kappa shape index (κ3) is 5.46. The van der Waals surface area contributed by atoms with Crippen molar-refractivity contribution >= 4 is 28.6 Å². The monoisotopic (exact) mass is 496 g/mol. The molecule has 0 aliphatic rings. The summed E-state index contributed by atoms with van der Waals surface area (Å²) >= 11 is 2.47. The normalized spacial score (nSPS) is 11.5. The number of aromatic nitrogens is 5. The molecule has 9 nitrogen and oxygen atoms in total. The van der Waals surface area contributed by atoms with E-state index in [2.05, 4.69) is 25.1 Å². The largest absolute Gasteiger partial charge is 0.573 e. The Bertz CT molecular complexity index is 1310. The molecule has 1 aromatic carbocycles. The fraction of sp³-hybridized carbons (Fsp3) is 0.211. The summed E-state index contributed by atoms with van der Waals surface area (Å²) in [5.41, 5.74) is 2.19. The maximum absolute atomic E-state index is 12.8. The Hall–Kier alpha value is -3.52. The minimum absolute atomic E-state index is 0.0324. The number of alkyl halides is 3. The first-order valence-corrected chi connectivity index (χ1v) is 11.0. The summed E-state index contributed by atoms with van der Waals surface area (Å²) in [5.74, 6) is -0.671. The van der Waals surface area contributed by atoms with Crippen LogP contribution in [0.25, 0.3) is 5.13 Å². The highest BCUT2D eigenvalue weighted by Gasteiger charge is 2.31. The number of thiazole rings is 2. The molecule has 0 unspecified atom stereocenters. The topological polar surface area (TPSA) is 104 Å². The molecule has 14 heteroatoms. The van der Waals surface area contributed by atoms with Crippen molar-refractivity contribution in [1.82, 2.24) is 29.6 Å². The van der Waals surface area contributed by atoms with Gasteiger partial charge in [-0.15, -0.1) is 24.5 Å². The standard InChI is InChI=1S/C19H15F3N6O3S2/c1-11-15(16(29)24-7-14-6-23-10-32-14)33-17(26-11)27-9-25-28(18(27)30)8-12-2-4-13(5-3-12)31-19(20,21)22/h2-6,9-10H,7-8H2,1H3,(H,24,29). The van der Waals surface area contributed by atoms with Gasteiger partial charge in [-0.05, 0) is 24.6 Å². The maximum atomic E-state index is 12.8. The molecule has 0 aliphatic carbocycles. The Balaban J connectivity index is 1.47. The van der Waals surface area contributed by atoms with Crippen molar-refractivity contribution in [2.45, 2.75) is 26.4 Å². The summed E-state index contributed by atoms with van der Waals surface area (Å²) in [5, 5.41) is 7.11. The summed E-state index contributed by atoms with van der Waals surface area (Å²) < 4.78 is 43.0. The van der Waals surface area contributed by atoms with Crippen LogP contribution in [0.15, 0.2) is 47.1 Å². The minimum atomic E-state index is -4.78. The summed E-state index contributed by atoms with van der Waals surface area (Å²) in [6, 6.07) is 5.13. The van der Waals surface area contributed by atoms with Gasteiger partial charge in [0, 0.05) is 11.1 Å². The molecule has 0 fully saturated rings. The van der Waals surface area contributed by atoms with E-state index in [1.165, 1.54) is 34.4 Å². The number of halogens is 3. The van der Waals surface area contributed by atoms with Crippen LogP contribution in [0, 0.1) is 6.92 Å². The fourth-order valence-electron chi connectivity index (χ4n) is 2.82. The predicted octanol–water partition coefficient (Wildman–Crippen LogP) is 3.13. The Morgan fingerprint density at radius 1 is 1.24 bits per heavy atom. The zero-order valence-electron chi connectivity index (χ0n) is 16.9. The van der Waals surface area contributed by atoms with Gasteiger partial charge in [-0.25, -0.2) is 19.0 Å². The molecule has 0 saturated carbocycles. The second-order valence-electron chi connectivity index (χ2n) is 6.69. The highest BCUT2D eigenvalue weighted by Crippen LogP contribution is 2.23. The van der Waals surface area contributed by atoms with Crippen LogP contribution in [0.5, 0.6) is 5.75 Å². The number of benzene rings is 1. The van der Waals surface area contributed by atoms with E-state index in [0.717, 1.165) is 33.0 Å². The first-order valence-electron chi connectivity index (χ1n) is 9.32. The van der Waals surface area contributed by atoms with Gasteiger partial charge < -0.3 is 10.1 Å². The number of carbonyl (C=O) groups is 1. The highest BCUT2D eigenvalue weighted by atomic mass is 32.1. The van der Waals surface area contributed by atoms with E-state index >= 15 is 0 Å². The van der Waals surface area contributed by atoms with Gasteiger partial charge in [0.15, 0.2) is 5.13 Å². The summed E-state index contributed by atoms with van der Waals surface area (Å²) in [6.45, 7) is 2.03. The fourth-order valence-corrected chi connectivity index (χ4v) is 4.30. The number of amides is 1. The van der Waals surface area contributed by atoms with Crippen molar-refractivity contribution in [3.8, 4) is 10.9 Å². The van der Waals surface area contributed by atoms with E-state index in [1.807, 2.05) is 0 Å². The number of nitrogens with zero attached hydrogens (tertiary/aromatic N) is 5. The van der Waals surface area contributed by atoms with Gasteiger partial charge in [0.2, 0.25) is 0 Å². The van der Waals surface area contributed by atoms with E-state index in [-0.39, 0.29) is 23.3 Å². The van der Waals surface area contributed by atoms with E-state index < -0.39 is 12.1 Å². The van der Waals surface area contributed by atoms with Crippen LogP contribution in [0.1, 0.15) is 25.8 Å². The number of rotatable bonds is 7. The Labute approximate surface area is 192 Å². The molecule has 172 valence electrons. The molecule has 33 heavy (non-hydrogen) atoms. The SMILES string of the molecule is Cc1nc(-n2cnn(Cc3ccc(OC(F)(F)F)cc3)c2=O)sc1C(=O)NCc1cncs1. The van der Waals surface area contributed by atoms with Crippen molar-refractivity contribution in [1.29, 1.82) is 0 Å². The van der Waals surface area contributed by atoms with Crippen LogP contribution in [0.3, 0.4) is 0 Å². The zero-order chi connectivity index (χ0) is 23.6. The third-order valence-electron chi connectivity index (χ3n) is 4.33. The van der Waals surface area contributed by atoms with Gasteiger partial charge in [-0.2, -0.15) is 5.10 Å². The lowest BCUT2D eigenvalue weighted by Crippen LogP contribution is -2.24. The van der Waals surface area contributed by atoms with Gasteiger partial charge in [0.25, 0.3) is 5.91 Å². The first kappa shape index (κ1) is 22.7. The lowest BCUT2D eigenvalue weighted by molar-refractivity contribution is -0.274. The summed E-state index contributed by atoms with van der Waals surface area (Å²) in [4.78, 5) is 34.8. The van der Waals surface area contributed by atoms with Crippen LogP contribution in [-0.2, 0) is 13.1 Å². The number of hydrogen-bond acceptors (Lipinski definition) is 8. The summed E-state index contributed by atoms with van der Waals surface area (Å²) in [7, 11) is 0. The highest BCUT2D eigenvalue weighted by molar-refractivity contribution is 7.16. The Morgan fingerprint density at radius 3 is 2.67 bits per heavy atom. The second kappa shape index (κ2) is 9.15. The average molecular weight is 496 g/mol. The van der Waals surface area contributed by atoms with Crippen LogP contribution < -0.4 is 15.7 Å². The molecule has 4 rings (SSSR count). The molecule has 3 heterocycles. The Kier molecular flexibility index (Phi) is 6.29. The first-order chi connectivity index (χ1) is 15.7. The molecule has 0 saturated heterocycles. The average Bonchev–Trinajstić information content (AvgIpc) is 3.48. The van der Waals surface area contributed by atoms with Gasteiger partial charge in [0.05, 0.1) is 24.3 Å². The van der Waals surface area contributed by atoms with Crippen molar-refractivity contribution < 1.29 is 22.7 Å². The number of nitrogens with one attached hydrogen (secondary N) is 1. The molecule has 0 atom stereocenters. The number of ether oxygens (including phenoxy) is 1. The van der Waals surface area contributed by atoms with Crippen LogP contribution in [-0.4, -0.2) is 36.6 Å². The van der Waals surface area contributed by atoms with Crippen molar-refractivity contribution in [3.05, 3.63) is 73.8 Å². The molecule has 4 aromatic rings. The zero-order valence-corrected chi connectivity index (χ0v) is 18.5. The predicted molar refractivity (Wildman–Crippen MR) is 114 cm³/mol. The van der Waals surface area contributed by atoms with Gasteiger partial charge >= 0.3 is 12.1 Å². The quantitative estimate of drug-likeness (QED) is 0.422. The maximum Gasteiger partial charge on any atom is 0.573 e. The molecular formula is C19H15F3N6O3S2. The molecule has 0 spiro atoms. The van der Waals surface area contributed by atoms with Crippen molar-refractivity contribution in [2.75, 3.05) is 0 Å². The number of hydrogen-bond donors (Lipinski definition) is 1. The molecular weight excluding hydrogens is 481 g/mol. The molecule has 0 bridgehead atoms. The molecule has 1 N–H and O–H groups in total. The van der Waals surface area contributed by atoms with E-state index in [4.69, 9.17) is 0 Å². The molecule has 3 aromatic heterocycles. The minimum Gasteiger partial charge on any atom is -0.406 e. The van der Waals surface area contributed by atoms with Crippen LogP contribution >= 0.6 is 22.7 Å².